The lowest BCUT2D eigenvalue weighted by molar-refractivity contribution is 0.0446. The molecule has 4 N–H and O–H groups in total. The SMILES string of the molecule is CC(C)(CCNCCCCNC(=O)OCCC(C)(C)NC(=O)OC(C)(C)C)NC(=O)OC(C)(C)C. The molecule has 0 unspecified atom stereocenters. The van der Waals surface area contributed by atoms with Crippen LogP contribution < -0.4 is 21.3 Å². The van der Waals surface area contributed by atoms with Crippen LogP contribution in [0.5, 0.6) is 0 Å². The van der Waals surface area contributed by atoms with Gasteiger partial charge in [0.25, 0.3) is 0 Å². The van der Waals surface area contributed by atoms with Crippen molar-refractivity contribution in [1.82, 2.24) is 21.3 Å². The zero-order chi connectivity index (χ0) is 27.3. The van der Waals surface area contributed by atoms with E-state index in [0.717, 1.165) is 32.4 Å². The molecule has 35 heavy (non-hydrogen) atoms. The van der Waals surface area contributed by atoms with E-state index in [-0.39, 0.29) is 12.1 Å². The fraction of sp³-hybridized carbons (Fsp3) is 0.880. The number of hydrogen-bond acceptors (Lipinski definition) is 7. The fourth-order valence-corrected chi connectivity index (χ4v) is 2.83. The van der Waals surface area contributed by atoms with Gasteiger partial charge in [-0.2, -0.15) is 0 Å². The molecule has 0 heterocycles. The summed E-state index contributed by atoms with van der Waals surface area (Å²) in [7, 11) is 0. The van der Waals surface area contributed by atoms with Crippen molar-refractivity contribution in [2.75, 3.05) is 26.2 Å². The van der Waals surface area contributed by atoms with Crippen molar-refractivity contribution in [1.29, 1.82) is 0 Å². The van der Waals surface area contributed by atoms with E-state index in [2.05, 4.69) is 21.3 Å². The van der Waals surface area contributed by atoms with Gasteiger partial charge in [-0.05, 0) is 102 Å². The molecule has 0 aromatic carbocycles. The average Bonchev–Trinajstić information content (AvgIpc) is 2.59. The number of carbonyl (C=O) groups excluding carboxylic acids is 3. The lowest BCUT2D eigenvalue weighted by Gasteiger charge is -2.28. The van der Waals surface area contributed by atoms with E-state index in [0.29, 0.717) is 13.0 Å². The average molecular weight is 503 g/mol. The van der Waals surface area contributed by atoms with Crippen molar-refractivity contribution in [3.05, 3.63) is 0 Å². The molecule has 0 bridgehead atoms. The summed E-state index contributed by atoms with van der Waals surface area (Å²) in [5.74, 6) is 0. The van der Waals surface area contributed by atoms with Crippen molar-refractivity contribution in [3.63, 3.8) is 0 Å². The van der Waals surface area contributed by atoms with Gasteiger partial charge in [0.1, 0.15) is 11.2 Å². The van der Waals surface area contributed by atoms with Gasteiger partial charge < -0.3 is 35.5 Å². The van der Waals surface area contributed by atoms with Gasteiger partial charge in [-0.15, -0.1) is 0 Å². The minimum atomic E-state index is -0.568. The van der Waals surface area contributed by atoms with Gasteiger partial charge >= 0.3 is 18.3 Å². The summed E-state index contributed by atoms with van der Waals surface area (Å²) >= 11 is 0. The van der Waals surface area contributed by atoms with Crippen LogP contribution in [0.25, 0.3) is 0 Å². The van der Waals surface area contributed by atoms with Crippen molar-refractivity contribution in [2.45, 2.75) is 117 Å². The summed E-state index contributed by atoms with van der Waals surface area (Å²) in [5, 5.41) is 11.8. The predicted octanol–water partition coefficient (Wildman–Crippen LogP) is 4.47. The Kier molecular flexibility index (Phi) is 13.4. The first-order valence-electron chi connectivity index (χ1n) is 12.4. The second-order valence-electron chi connectivity index (χ2n) is 12.0. The summed E-state index contributed by atoms with van der Waals surface area (Å²) < 4.78 is 15.8. The van der Waals surface area contributed by atoms with Crippen LogP contribution in [0.2, 0.25) is 0 Å². The summed E-state index contributed by atoms with van der Waals surface area (Å²) in [6.07, 6.45) is 1.55. The molecule has 10 heteroatoms. The summed E-state index contributed by atoms with van der Waals surface area (Å²) in [6.45, 7) is 20.8. The molecule has 0 radical (unpaired) electrons. The highest BCUT2D eigenvalue weighted by Crippen LogP contribution is 2.13. The normalized spacial score (nSPS) is 12.5. The van der Waals surface area contributed by atoms with Gasteiger partial charge in [-0.1, -0.05) is 0 Å². The van der Waals surface area contributed by atoms with E-state index in [1.165, 1.54) is 0 Å². The van der Waals surface area contributed by atoms with Crippen molar-refractivity contribution in [3.8, 4) is 0 Å². The minimum Gasteiger partial charge on any atom is -0.449 e. The van der Waals surface area contributed by atoms with Crippen LogP contribution in [0.3, 0.4) is 0 Å². The van der Waals surface area contributed by atoms with Gasteiger partial charge in [0.15, 0.2) is 0 Å². The van der Waals surface area contributed by atoms with Gasteiger partial charge in [0.05, 0.1) is 6.61 Å². The van der Waals surface area contributed by atoms with E-state index in [1.807, 2.05) is 48.5 Å². The third kappa shape index (κ3) is 20.8. The van der Waals surface area contributed by atoms with E-state index in [4.69, 9.17) is 14.2 Å². The molecule has 0 aliphatic heterocycles. The molecule has 0 rings (SSSR count). The molecule has 3 amide bonds. The van der Waals surface area contributed by atoms with Crippen LogP contribution in [-0.4, -0.2) is 66.8 Å². The van der Waals surface area contributed by atoms with Crippen molar-refractivity contribution in [2.24, 2.45) is 0 Å². The quantitative estimate of drug-likeness (QED) is 0.216. The molecule has 0 fully saturated rings. The van der Waals surface area contributed by atoms with Crippen LogP contribution in [0.4, 0.5) is 14.4 Å². The topological polar surface area (TPSA) is 127 Å². The lowest BCUT2D eigenvalue weighted by Crippen LogP contribution is -2.47. The molecule has 0 saturated heterocycles. The third-order valence-electron chi connectivity index (χ3n) is 4.62. The molecule has 0 spiro atoms. The molecule has 206 valence electrons. The van der Waals surface area contributed by atoms with Gasteiger partial charge in [0.2, 0.25) is 0 Å². The first-order valence-corrected chi connectivity index (χ1v) is 12.4. The Hall–Kier alpha value is -2.23. The van der Waals surface area contributed by atoms with E-state index >= 15 is 0 Å². The zero-order valence-electron chi connectivity index (χ0n) is 23.6. The highest BCUT2D eigenvalue weighted by atomic mass is 16.6. The Bertz CT molecular complexity index is 666. The maximum atomic E-state index is 11.9. The van der Waals surface area contributed by atoms with Crippen LogP contribution in [0, 0.1) is 0 Å². The number of nitrogens with one attached hydrogen (secondary N) is 4. The number of ether oxygens (including phenoxy) is 3. The fourth-order valence-electron chi connectivity index (χ4n) is 2.83. The molecular formula is C25H50N4O6. The second kappa shape index (κ2) is 14.4. The standard InChI is InChI=1S/C25H50N4O6/c1-22(2,3)34-20(31)28-24(7,8)13-17-26-15-11-12-16-27-19(30)33-18-14-25(9,10)29-21(32)35-23(4,5)6/h26H,11-18H2,1-10H3,(H,27,30)(H,28,31)(H,29,32). The minimum absolute atomic E-state index is 0.184. The van der Waals surface area contributed by atoms with Crippen LogP contribution in [0.15, 0.2) is 0 Å². The number of amides is 3. The highest BCUT2D eigenvalue weighted by Gasteiger charge is 2.25. The first kappa shape index (κ1) is 32.8. The van der Waals surface area contributed by atoms with Crippen LogP contribution >= 0.6 is 0 Å². The Balaban J connectivity index is 3.86. The second-order valence-corrected chi connectivity index (χ2v) is 12.0. The number of unbranched alkanes of at least 4 members (excludes halogenated alkanes) is 1. The van der Waals surface area contributed by atoms with Crippen LogP contribution in [0.1, 0.15) is 94.9 Å². The van der Waals surface area contributed by atoms with Gasteiger partial charge in [0, 0.05) is 24.0 Å². The Morgan fingerprint density at radius 3 is 1.54 bits per heavy atom. The number of rotatable bonds is 13. The maximum absolute atomic E-state index is 11.9. The summed E-state index contributed by atoms with van der Waals surface area (Å²) in [5.41, 5.74) is -2.03. The molecular weight excluding hydrogens is 452 g/mol. The van der Waals surface area contributed by atoms with E-state index in [9.17, 15) is 14.4 Å². The Morgan fingerprint density at radius 2 is 1.06 bits per heavy atom. The molecule has 10 nitrogen and oxygen atoms in total. The van der Waals surface area contributed by atoms with E-state index in [1.54, 1.807) is 20.8 Å². The molecule has 0 saturated carbocycles. The maximum Gasteiger partial charge on any atom is 0.408 e. The summed E-state index contributed by atoms with van der Waals surface area (Å²) in [6, 6.07) is 0. The highest BCUT2D eigenvalue weighted by molar-refractivity contribution is 5.69. The van der Waals surface area contributed by atoms with Crippen LogP contribution in [-0.2, 0) is 14.2 Å². The largest absolute Gasteiger partial charge is 0.449 e. The molecule has 0 aliphatic rings. The number of hydrogen-bond donors (Lipinski definition) is 4. The Morgan fingerprint density at radius 1 is 0.600 bits per heavy atom. The molecule has 0 aromatic heterocycles. The smallest absolute Gasteiger partial charge is 0.408 e. The third-order valence-corrected chi connectivity index (χ3v) is 4.62. The summed E-state index contributed by atoms with van der Waals surface area (Å²) in [4.78, 5) is 35.7. The number of carbonyl (C=O) groups is 3. The molecule has 0 atom stereocenters. The zero-order valence-corrected chi connectivity index (χ0v) is 23.6. The van der Waals surface area contributed by atoms with Gasteiger partial charge in [-0.25, -0.2) is 14.4 Å². The van der Waals surface area contributed by atoms with Crippen molar-refractivity contribution >= 4 is 18.3 Å². The molecule has 0 aliphatic carbocycles. The molecule has 0 aromatic rings. The monoisotopic (exact) mass is 502 g/mol. The first-order chi connectivity index (χ1) is 15.8. The predicted molar refractivity (Wildman–Crippen MR) is 138 cm³/mol. The number of alkyl carbamates (subject to hydrolysis) is 3. The van der Waals surface area contributed by atoms with Crippen molar-refractivity contribution < 1.29 is 28.6 Å². The van der Waals surface area contributed by atoms with Gasteiger partial charge in [-0.3, -0.25) is 0 Å². The lowest BCUT2D eigenvalue weighted by atomic mass is 10.0. The van der Waals surface area contributed by atoms with E-state index < -0.39 is 35.0 Å². The Labute approximate surface area is 212 Å².